The molecule has 1 aliphatic rings. The van der Waals surface area contributed by atoms with Crippen molar-refractivity contribution in [1.29, 1.82) is 0 Å². The van der Waals surface area contributed by atoms with Gasteiger partial charge >= 0.3 is 0 Å². The molecule has 0 aromatic carbocycles. The summed E-state index contributed by atoms with van der Waals surface area (Å²) in [5.41, 5.74) is 2.75. The first-order valence-electron chi connectivity index (χ1n) is 5.37. The second kappa shape index (κ2) is 4.64. The molecule has 1 aromatic heterocycles. The molecule has 1 aromatic rings. The highest BCUT2D eigenvalue weighted by molar-refractivity contribution is 7.91. The van der Waals surface area contributed by atoms with E-state index < -0.39 is 15.9 Å². The summed E-state index contributed by atoms with van der Waals surface area (Å²) in [5.74, 6) is -0.0772. The van der Waals surface area contributed by atoms with Crippen molar-refractivity contribution in [3.05, 3.63) is 16.1 Å². The van der Waals surface area contributed by atoms with Crippen LogP contribution >= 0.6 is 11.3 Å². The molecule has 2 atom stereocenters. The first kappa shape index (κ1) is 12.9. The number of aliphatic hydroxyl groups is 1. The van der Waals surface area contributed by atoms with Gasteiger partial charge in [-0.1, -0.05) is 0 Å². The molecule has 1 saturated heterocycles. The minimum atomic E-state index is -3.08. The van der Waals surface area contributed by atoms with Gasteiger partial charge in [0.25, 0.3) is 0 Å². The predicted molar refractivity (Wildman–Crippen MR) is 66.8 cm³/mol. The van der Waals surface area contributed by atoms with E-state index in [2.05, 4.69) is 4.98 Å². The predicted octanol–water partition coefficient (Wildman–Crippen LogP) is 0.0412. The SMILES string of the molecule is Cc1ncsc1CN(C)[C@@H]1CS(=O)(=O)C[C@H]1O. The molecule has 7 heteroatoms. The first-order chi connectivity index (χ1) is 7.89. The Morgan fingerprint density at radius 2 is 2.29 bits per heavy atom. The Bertz CT molecular complexity index is 497. The molecule has 1 N–H and O–H groups in total. The van der Waals surface area contributed by atoms with Crippen LogP contribution in [0.25, 0.3) is 0 Å². The molecule has 0 radical (unpaired) electrons. The zero-order valence-electron chi connectivity index (χ0n) is 9.83. The third-order valence-corrected chi connectivity index (χ3v) is 5.72. The van der Waals surface area contributed by atoms with Crippen molar-refractivity contribution in [2.45, 2.75) is 25.6 Å². The number of likely N-dealkylation sites (N-methyl/N-ethyl adjacent to an activating group) is 1. The summed E-state index contributed by atoms with van der Waals surface area (Å²) < 4.78 is 22.9. The van der Waals surface area contributed by atoms with Crippen LogP contribution in [0.2, 0.25) is 0 Å². The minimum Gasteiger partial charge on any atom is -0.390 e. The Kier molecular flexibility index (Phi) is 3.53. The van der Waals surface area contributed by atoms with Crippen LogP contribution < -0.4 is 0 Å². The van der Waals surface area contributed by atoms with Crippen molar-refractivity contribution >= 4 is 21.2 Å². The van der Waals surface area contributed by atoms with Crippen LogP contribution in [-0.2, 0) is 16.4 Å². The second-order valence-corrected chi connectivity index (χ2v) is 7.58. The standard InChI is InChI=1S/C10H16N2O3S2/c1-7-10(16-6-11-7)3-12(2)8-4-17(14,15)5-9(8)13/h6,8-9,13H,3-5H2,1-2H3/t8-,9-/m1/s1. The Labute approximate surface area is 105 Å². The summed E-state index contributed by atoms with van der Waals surface area (Å²) in [4.78, 5) is 7.17. The maximum atomic E-state index is 11.4. The maximum absolute atomic E-state index is 11.4. The van der Waals surface area contributed by atoms with Gasteiger partial charge in [0.05, 0.1) is 34.9 Å². The molecule has 0 aliphatic carbocycles. The number of aromatic nitrogens is 1. The smallest absolute Gasteiger partial charge is 0.154 e. The zero-order chi connectivity index (χ0) is 12.6. The van der Waals surface area contributed by atoms with Gasteiger partial charge in [0.2, 0.25) is 0 Å². The highest BCUT2D eigenvalue weighted by Gasteiger charge is 2.38. The quantitative estimate of drug-likeness (QED) is 0.844. The van der Waals surface area contributed by atoms with Crippen molar-refractivity contribution in [2.75, 3.05) is 18.6 Å². The molecular weight excluding hydrogens is 260 g/mol. The molecule has 17 heavy (non-hydrogen) atoms. The van der Waals surface area contributed by atoms with Crippen LogP contribution in [0.1, 0.15) is 10.6 Å². The normalized spacial score (nSPS) is 27.8. The zero-order valence-corrected chi connectivity index (χ0v) is 11.5. The van der Waals surface area contributed by atoms with E-state index in [1.165, 1.54) is 0 Å². The van der Waals surface area contributed by atoms with Crippen LogP contribution in [0.3, 0.4) is 0 Å². The second-order valence-electron chi connectivity index (χ2n) is 4.49. The van der Waals surface area contributed by atoms with Crippen LogP contribution in [0.5, 0.6) is 0 Å². The lowest BCUT2D eigenvalue weighted by atomic mass is 10.2. The molecule has 2 heterocycles. The van der Waals surface area contributed by atoms with E-state index in [0.717, 1.165) is 10.6 Å². The fourth-order valence-corrected chi connectivity index (χ4v) is 4.77. The Balaban J connectivity index is 2.06. The van der Waals surface area contributed by atoms with E-state index >= 15 is 0 Å². The number of nitrogens with zero attached hydrogens (tertiary/aromatic N) is 2. The molecule has 0 spiro atoms. The van der Waals surface area contributed by atoms with Gasteiger partial charge in [-0.25, -0.2) is 13.4 Å². The van der Waals surface area contributed by atoms with Crippen molar-refractivity contribution in [1.82, 2.24) is 9.88 Å². The van der Waals surface area contributed by atoms with Crippen LogP contribution in [0.15, 0.2) is 5.51 Å². The van der Waals surface area contributed by atoms with E-state index in [9.17, 15) is 13.5 Å². The van der Waals surface area contributed by atoms with Gasteiger partial charge in [-0.2, -0.15) is 0 Å². The van der Waals surface area contributed by atoms with E-state index in [4.69, 9.17) is 0 Å². The van der Waals surface area contributed by atoms with E-state index in [1.807, 2.05) is 18.9 Å². The van der Waals surface area contributed by atoms with Gasteiger partial charge in [0, 0.05) is 11.4 Å². The van der Waals surface area contributed by atoms with E-state index in [-0.39, 0.29) is 17.5 Å². The summed E-state index contributed by atoms with van der Waals surface area (Å²) in [7, 11) is -1.24. The largest absolute Gasteiger partial charge is 0.390 e. The lowest BCUT2D eigenvalue weighted by molar-refractivity contribution is 0.0962. The van der Waals surface area contributed by atoms with Crippen molar-refractivity contribution in [3.8, 4) is 0 Å². The molecule has 2 rings (SSSR count). The van der Waals surface area contributed by atoms with Crippen LogP contribution in [0, 0.1) is 6.92 Å². The maximum Gasteiger partial charge on any atom is 0.154 e. The van der Waals surface area contributed by atoms with Crippen molar-refractivity contribution in [3.63, 3.8) is 0 Å². The Morgan fingerprint density at radius 3 is 2.76 bits per heavy atom. The third kappa shape index (κ3) is 2.85. The summed E-state index contributed by atoms with van der Waals surface area (Å²) in [6.45, 7) is 2.56. The number of hydrogen-bond acceptors (Lipinski definition) is 6. The number of aryl methyl sites for hydroxylation is 1. The summed E-state index contributed by atoms with van der Waals surface area (Å²) in [5, 5.41) is 9.76. The van der Waals surface area contributed by atoms with E-state index in [1.54, 1.807) is 16.8 Å². The minimum absolute atomic E-state index is 0.0442. The molecule has 0 amide bonds. The van der Waals surface area contributed by atoms with Crippen LogP contribution in [0.4, 0.5) is 0 Å². The molecule has 5 nitrogen and oxygen atoms in total. The van der Waals surface area contributed by atoms with Crippen molar-refractivity contribution in [2.24, 2.45) is 0 Å². The number of thiazole rings is 1. The molecule has 96 valence electrons. The lowest BCUT2D eigenvalue weighted by Crippen LogP contribution is -2.39. The summed E-state index contributed by atoms with van der Waals surface area (Å²) in [6, 6.07) is -0.304. The Hall–Kier alpha value is -0.500. The van der Waals surface area contributed by atoms with Gasteiger partial charge in [0.15, 0.2) is 9.84 Å². The highest BCUT2D eigenvalue weighted by atomic mass is 32.2. The summed E-state index contributed by atoms with van der Waals surface area (Å²) in [6.07, 6.45) is -0.779. The van der Waals surface area contributed by atoms with Crippen LogP contribution in [-0.4, -0.2) is 54.1 Å². The van der Waals surface area contributed by atoms with Crippen molar-refractivity contribution < 1.29 is 13.5 Å². The number of aliphatic hydroxyl groups excluding tert-OH is 1. The fourth-order valence-electron chi connectivity index (χ4n) is 2.05. The summed E-state index contributed by atoms with van der Waals surface area (Å²) >= 11 is 1.55. The fraction of sp³-hybridized carbons (Fsp3) is 0.700. The number of rotatable bonds is 3. The molecule has 0 unspecified atom stereocenters. The highest BCUT2D eigenvalue weighted by Crippen LogP contribution is 2.21. The third-order valence-electron chi connectivity index (χ3n) is 3.10. The molecule has 1 fully saturated rings. The molecular formula is C10H16N2O3S2. The van der Waals surface area contributed by atoms with Gasteiger partial charge in [-0.3, -0.25) is 4.90 Å². The number of hydrogen-bond donors (Lipinski definition) is 1. The van der Waals surface area contributed by atoms with Gasteiger partial charge in [-0.15, -0.1) is 11.3 Å². The first-order valence-corrected chi connectivity index (χ1v) is 8.07. The topological polar surface area (TPSA) is 70.5 Å². The van der Waals surface area contributed by atoms with Gasteiger partial charge < -0.3 is 5.11 Å². The Morgan fingerprint density at radius 1 is 1.59 bits per heavy atom. The van der Waals surface area contributed by atoms with Gasteiger partial charge in [-0.05, 0) is 14.0 Å². The van der Waals surface area contributed by atoms with Gasteiger partial charge in [0.1, 0.15) is 0 Å². The average Bonchev–Trinajstić information content (AvgIpc) is 2.71. The number of sulfone groups is 1. The average molecular weight is 276 g/mol. The molecule has 0 saturated carbocycles. The lowest BCUT2D eigenvalue weighted by Gasteiger charge is -2.25. The monoisotopic (exact) mass is 276 g/mol. The van der Waals surface area contributed by atoms with E-state index in [0.29, 0.717) is 6.54 Å². The molecule has 1 aliphatic heterocycles. The molecule has 0 bridgehead atoms.